The quantitative estimate of drug-likeness (QED) is 0.0318. The maximum Gasteiger partial charge on any atom is 0.410 e. The fourth-order valence-electron chi connectivity index (χ4n) is 5.59. The fraction of sp³-hybridized carbons (Fsp3) is 0.537. The second-order valence-electron chi connectivity index (χ2n) is 15.1. The van der Waals surface area contributed by atoms with E-state index >= 15 is 0 Å². The largest absolute Gasteiger partial charge is 0.444 e. The van der Waals surface area contributed by atoms with Crippen LogP contribution in [0.3, 0.4) is 0 Å². The topological polar surface area (TPSA) is 281 Å². The summed E-state index contributed by atoms with van der Waals surface area (Å²) >= 11 is 0. The van der Waals surface area contributed by atoms with Gasteiger partial charge in [-0.25, -0.2) is 4.79 Å². The Morgan fingerprint density at radius 3 is 1.84 bits per heavy atom. The molecule has 0 aliphatic heterocycles. The van der Waals surface area contributed by atoms with Crippen LogP contribution in [0.2, 0.25) is 0 Å². The number of amidine groups is 2. The number of nitrogens with one attached hydrogen (secondary N) is 1. The molecule has 1 heterocycles. The van der Waals surface area contributed by atoms with Crippen molar-refractivity contribution in [2.75, 3.05) is 91.9 Å². The number of carbonyl (C=O) groups is 3. The molecule has 2 aromatic carbocycles. The van der Waals surface area contributed by atoms with Gasteiger partial charge in [0.05, 0.1) is 39.3 Å². The fourth-order valence-corrected chi connectivity index (χ4v) is 5.59. The molecule has 0 saturated carbocycles. The van der Waals surface area contributed by atoms with E-state index in [1.165, 1.54) is 0 Å². The number of benzene rings is 2. The number of hydrogen-bond acceptors (Lipinski definition) is 15. The lowest BCUT2D eigenvalue weighted by atomic mass is 10.1. The summed E-state index contributed by atoms with van der Waals surface area (Å²) in [6.45, 7) is 14.0. The van der Waals surface area contributed by atoms with E-state index < -0.39 is 11.7 Å². The first-order valence-electron chi connectivity index (χ1n) is 20.3. The molecule has 334 valence electrons. The van der Waals surface area contributed by atoms with Gasteiger partial charge in [-0.15, -0.1) is 30.6 Å². The van der Waals surface area contributed by atoms with Gasteiger partial charge in [-0.05, 0) is 45.7 Å². The molecule has 3 amide bonds. The monoisotopic (exact) mass is 849 g/mol. The van der Waals surface area contributed by atoms with Crippen molar-refractivity contribution in [1.29, 1.82) is 0 Å². The number of aryl methyl sites for hydroxylation is 1. The summed E-state index contributed by atoms with van der Waals surface area (Å²) in [7, 11) is 0. The van der Waals surface area contributed by atoms with Crippen LogP contribution in [-0.2, 0) is 36.6 Å². The molecular weight excluding hydrogens is 785 g/mol. The number of rotatable bonds is 26. The highest BCUT2D eigenvalue weighted by Crippen LogP contribution is 2.15. The van der Waals surface area contributed by atoms with Crippen LogP contribution in [-0.4, -0.2) is 162 Å². The summed E-state index contributed by atoms with van der Waals surface area (Å²) in [5, 5.41) is 26.7. The van der Waals surface area contributed by atoms with Gasteiger partial charge in [-0.3, -0.25) is 14.5 Å². The molecule has 0 saturated heterocycles. The molecule has 9 N–H and O–H groups in total. The third kappa shape index (κ3) is 20.0. The number of carbonyl (C=O) groups excluding carboxylic acids is 3. The second kappa shape index (κ2) is 26.5. The second-order valence-corrected chi connectivity index (χ2v) is 15.1. The minimum absolute atomic E-state index is 0.0548. The zero-order valence-corrected chi connectivity index (χ0v) is 36.2. The lowest BCUT2D eigenvalue weighted by Gasteiger charge is -2.32. The van der Waals surface area contributed by atoms with E-state index in [2.05, 4.69) is 40.8 Å². The molecule has 0 bridgehead atoms. The maximum atomic E-state index is 14.0. The lowest BCUT2D eigenvalue weighted by Crippen LogP contribution is -2.48. The standard InChI is InChI=1S/C41H64N14O6/c1-30(44)47-50-38(45)34-10-6-33(7-11-34)29-37(57)54(17-16-46-36(56)28-32-8-12-35(13-9-32)39-51-48-31(2)49-52-39)20-21-55(40(58)61-41(3,4)5)19-18-53(22-26-59-24-14-42)23-27-60-25-15-43/h6-13H,14-29,42-43H2,1-5H3,(H2,44,47)(H2,45,50)(H,46,56). The number of nitrogens with two attached hydrogens (primary N) is 4. The summed E-state index contributed by atoms with van der Waals surface area (Å²) < 4.78 is 17.1. The molecule has 0 fully saturated rings. The Balaban J connectivity index is 1.75. The highest BCUT2D eigenvalue weighted by atomic mass is 16.6. The zero-order valence-electron chi connectivity index (χ0n) is 36.2. The molecular formula is C41H64N14O6. The van der Waals surface area contributed by atoms with Gasteiger partial charge in [0.1, 0.15) is 11.4 Å². The van der Waals surface area contributed by atoms with Crippen LogP contribution in [0.25, 0.3) is 11.4 Å². The highest BCUT2D eigenvalue weighted by molar-refractivity contribution is 5.98. The molecule has 0 aliphatic rings. The van der Waals surface area contributed by atoms with Gasteiger partial charge in [0.25, 0.3) is 0 Å². The highest BCUT2D eigenvalue weighted by Gasteiger charge is 2.25. The van der Waals surface area contributed by atoms with Crippen LogP contribution < -0.4 is 28.3 Å². The Kier molecular flexibility index (Phi) is 21.6. The number of aromatic nitrogens is 4. The van der Waals surface area contributed by atoms with Crippen molar-refractivity contribution in [2.24, 2.45) is 33.1 Å². The molecule has 0 atom stereocenters. The smallest absolute Gasteiger partial charge is 0.410 e. The van der Waals surface area contributed by atoms with Gasteiger partial charge in [-0.1, -0.05) is 48.5 Å². The van der Waals surface area contributed by atoms with Crippen molar-refractivity contribution in [3.63, 3.8) is 0 Å². The number of amides is 3. The first-order valence-corrected chi connectivity index (χ1v) is 20.3. The number of ether oxygens (including phenoxy) is 3. The summed E-state index contributed by atoms with van der Waals surface area (Å²) in [6, 6.07) is 14.3. The third-order valence-electron chi connectivity index (χ3n) is 8.74. The van der Waals surface area contributed by atoms with E-state index in [-0.39, 0.29) is 62.5 Å². The summed E-state index contributed by atoms with van der Waals surface area (Å²) in [5.74, 6) is 0.875. The molecule has 0 unspecified atom stereocenters. The minimum Gasteiger partial charge on any atom is -0.444 e. The van der Waals surface area contributed by atoms with Gasteiger partial charge in [0.15, 0.2) is 11.7 Å². The van der Waals surface area contributed by atoms with E-state index in [9.17, 15) is 14.4 Å². The molecule has 61 heavy (non-hydrogen) atoms. The minimum atomic E-state index is -0.750. The van der Waals surface area contributed by atoms with Crippen LogP contribution in [0.1, 0.15) is 50.2 Å². The Morgan fingerprint density at radius 2 is 1.26 bits per heavy atom. The Bertz CT molecular complexity index is 1820. The van der Waals surface area contributed by atoms with Crippen molar-refractivity contribution in [2.45, 2.75) is 53.1 Å². The predicted octanol–water partition coefficient (Wildman–Crippen LogP) is 0.459. The van der Waals surface area contributed by atoms with Gasteiger partial charge >= 0.3 is 6.09 Å². The summed E-state index contributed by atoms with van der Waals surface area (Å²) in [4.78, 5) is 46.0. The average Bonchev–Trinajstić information content (AvgIpc) is 3.22. The predicted molar refractivity (Wildman–Crippen MR) is 233 cm³/mol. The summed E-state index contributed by atoms with van der Waals surface area (Å²) in [5.41, 5.74) is 24.9. The van der Waals surface area contributed by atoms with Gasteiger partial charge in [0.2, 0.25) is 17.6 Å². The molecule has 3 rings (SSSR count). The molecule has 0 radical (unpaired) electrons. The number of hydrogen-bond donors (Lipinski definition) is 5. The van der Waals surface area contributed by atoms with Crippen molar-refractivity contribution < 1.29 is 28.6 Å². The molecule has 20 heteroatoms. The molecule has 3 aromatic rings. The molecule has 0 aliphatic carbocycles. The SMILES string of the molecule is C/C(N)=N/N=C(\N)c1ccc(CC(=O)N(CCNC(=O)Cc2ccc(-c3nnc(C)nn3)cc2)CCN(CCN(CCOCCN)CCOCCN)C(=O)OC(C)(C)C)cc1. The maximum absolute atomic E-state index is 14.0. The van der Waals surface area contributed by atoms with E-state index in [0.717, 1.165) is 16.7 Å². The average molecular weight is 849 g/mol. The first-order chi connectivity index (χ1) is 29.2. The van der Waals surface area contributed by atoms with E-state index in [1.807, 2.05) is 12.1 Å². The first kappa shape index (κ1) is 49.7. The van der Waals surface area contributed by atoms with Crippen molar-refractivity contribution >= 4 is 29.6 Å². The van der Waals surface area contributed by atoms with Crippen LogP contribution in [0.5, 0.6) is 0 Å². The number of nitrogens with zero attached hydrogens (tertiary/aromatic N) is 9. The Labute approximate surface area is 358 Å². The Hall–Kier alpha value is -5.67. The lowest BCUT2D eigenvalue weighted by molar-refractivity contribution is -0.131. The van der Waals surface area contributed by atoms with Gasteiger partial charge < -0.3 is 52.3 Å². The zero-order chi connectivity index (χ0) is 44.6. The van der Waals surface area contributed by atoms with Gasteiger partial charge in [-0.2, -0.15) is 0 Å². The molecule has 20 nitrogen and oxygen atoms in total. The van der Waals surface area contributed by atoms with E-state index in [4.69, 9.17) is 37.1 Å². The summed E-state index contributed by atoms with van der Waals surface area (Å²) in [6.07, 6.45) is -0.339. The van der Waals surface area contributed by atoms with Crippen LogP contribution >= 0.6 is 0 Å². The normalized spacial score (nSPS) is 12.1. The molecule has 0 spiro atoms. The van der Waals surface area contributed by atoms with Crippen LogP contribution in [0.15, 0.2) is 58.7 Å². The van der Waals surface area contributed by atoms with E-state index in [0.29, 0.717) is 82.9 Å². The van der Waals surface area contributed by atoms with Crippen LogP contribution in [0.4, 0.5) is 4.79 Å². The van der Waals surface area contributed by atoms with Crippen molar-refractivity contribution in [1.82, 2.24) is 40.4 Å². The van der Waals surface area contributed by atoms with Crippen LogP contribution in [0, 0.1) is 6.92 Å². The van der Waals surface area contributed by atoms with Gasteiger partial charge in [0, 0.05) is 76.6 Å². The Morgan fingerprint density at radius 1 is 0.705 bits per heavy atom. The van der Waals surface area contributed by atoms with Crippen molar-refractivity contribution in [3.8, 4) is 11.4 Å². The van der Waals surface area contributed by atoms with E-state index in [1.54, 1.807) is 80.8 Å². The third-order valence-corrected chi connectivity index (χ3v) is 8.74. The van der Waals surface area contributed by atoms with Crippen molar-refractivity contribution in [3.05, 3.63) is 71.0 Å². The molecule has 1 aromatic heterocycles.